The average Bonchev–Trinajstić information content (AvgIpc) is 2.60. The van der Waals surface area contributed by atoms with E-state index in [0.29, 0.717) is 19.7 Å². The first-order valence-corrected chi connectivity index (χ1v) is 5.49. The third kappa shape index (κ3) is 2.88. The van der Waals surface area contributed by atoms with Gasteiger partial charge >= 0.3 is 6.09 Å². The SMILES string of the molecule is CC(CN)SCC(=O)N1CCOC1=O. The second-order valence-electron chi connectivity index (χ2n) is 3.02. The number of nitrogens with two attached hydrogens (primary N) is 1. The molecule has 1 rings (SSSR count). The monoisotopic (exact) mass is 218 g/mol. The summed E-state index contributed by atoms with van der Waals surface area (Å²) in [6.07, 6.45) is -0.531. The van der Waals surface area contributed by atoms with Crippen molar-refractivity contribution in [2.45, 2.75) is 12.2 Å². The van der Waals surface area contributed by atoms with E-state index in [1.54, 1.807) is 0 Å². The highest BCUT2D eigenvalue weighted by atomic mass is 32.2. The second-order valence-corrected chi connectivity index (χ2v) is 4.44. The van der Waals surface area contributed by atoms with Gasteiger partial charge in [-0.15, -0.1) is 11.8 Å². The van der Waals surface area contributed by atoms with Crippen molar-refractivity contribution in [1.82, 2.24) is 4.90 Å². The molecule has 2 amide bonds. The van der Waals surface area contributed by atoms with Crippen LogP contribution in [0, 0.1) is 0 Å². The van der Waals surface area contributed by atoms with Crippen molar-refractivity contribution in [3.8, 4) is 0 Å². The Morgan fingerprint density at radius 2 is 2.50 bits per heavy atom. The number of thioether (sulfide) groups is 1. The van der Waals surface area contributed by atoms with Gasteiger partial charge in [0.1, 0.15) is 6.61 Å². The van der Waals surface area contributed by atoms with Crippen molar-refractivity contribution in [2.24, 2.45) is 5.73 Å². The maximum Gasteiger partial charge on any atom is 0.416 e. The Morgan fingerprint density at radius 1 is 1.79 bits per heavy atom. The van der Waals surface area contributed by atoms with Crippen LogP contribution in [0.5, 0.6) is 0 Å². The molecule has 0 aliphatic carbocycles. The Kier molecular flexibility index (Phi) is 4.21. The van der Waals surface area contributed by atoms with Crippen LogP contribution in [-0.4, -0.2) is 47.6 Å². The third-order valence-electron chi connectivity index (χ3n) is 1.89. The number of amides is 2. The van der Waals surface area contributed by atoms with Crippen LogP contribution in [0.3, 0.4) is 0 Å². The summed E-state index contributed by atoms with van der Waals surface area (Å²) < 4.78 is 4.65. The highest BCUT2D eigenvalue weighted by Crippen LogP contribution is 2.12. The fourth-order valence-electron chi connectivity index (χ4n) is 0.979. The lowest BCUT2D eigenvalue weighted by atomic mass is 10.5. The molecule has 5 nitrogen and oxygen atoms in total. The van der Waals surface area contributed by atoms with Gasteiger partial charge in [0.25, 0.3) is 0 Å². The molecule has 2 N–H and O–H groups in total. The number of hydrogen-bond acceptors (Lipinski definition) is 5. The van der Waals surface area contributed by atoms with E-state index in [1.165, 1.54) is 11.8 Å². The molecule has 0 aromatic carbocycles. The molecule has 1 heterocycles. The summed E-state index contributed by atoms with van der Waals surface area (Å²) in [5.74, 6) is 0.0887. The summed E-state index contributed by atoms with van der Waals surface area (Å²) in [5, 5.41) is 0.234. The molecule has 1 saturated heterocycles. The molecule has 6 heteroatoms. The molecule has 0 spiro atoms. The first-order valence-electron chi connectivity index (χ1n) is 4.44. The Morgan fingerprint density at radius 3 is 3.00 bits per heavy atom. The van der Waals surface area contributed by atoms with Gasteiger partial charge in [-0.05, 0) is 0 Å². The number of rotatable bonds is 4. The Bertz CT molecular complexity index is 235. The van der Waals surface area contributed by atoms with Crippen LogP contribution >= 0.6 is 11.8 Å². The lowest BCUT2D eigenvalue weighted by Crippen LogP contribution is -2.33. The molecule has 0 radical (unpaired) electrons. The lowest BCUT2D eigenvalue weighted by Gasteiger charge is -2.12. The quantitative estimate of drug-likeness (QED) is 0.721. The zero-order valence-electron chi connectivity index (χ0n) is 8.06. The number of ether oxygens (including phenoxy) is 1. The number of imide groups is 1. The van der Waals surface area contributed by atoms with Crippen LogP contribution < -0.4 is 5.73 Å². The Labute approximate surface area is 86.9 Å². The van der Waals surface area contributed by atoms with Gasteiger partial charge in [-0.2, -0.15) is 0 Å². The Balaban J connectivity index is 2.31. The van der Waals surface area contributed by atoms with E-state index in [2.05, 4.69) is 4.74 Å². The smallest absolute Gasteiger partial charge is 0.416 e. The number of hydrogen-bond donors (Lipinski definition) is 1. The van der Waals surface area contributed by atoms with E-state index in [0.717, 1.165) is 4.90 Å². The second kappa shape index (κ2) is 5.21. The van der Waals surface area contributed by atoms with E-state index in [9.17, 15) is 9.59 Å². The van der Waals surface area contributed by atoms with Gasteiger partial charge in [0.2, 0.25) is 5.91 Å². The zero-order valence-corrected chi connectivity index (χ0v) is 8.88. The van der Waals surface area contributed by atoms with E-state index >= 15 is 0 Å². The lowest BCUT2D eigenvalue weighted by molar-refractivity contribution is -0.125. The fraction of sp³-hybridized carbons (Fsp3) is 0.750. The minimum atomic E-state index is -0.531. The van der Waals surface area contributed by atoms with Gasteiger partial charge in [-0.25, -0.2) is 9.69 Å². The van der Waals surface area contributed by atoms with E-state index in [4.69, 9.17) is 5.73 Å². The Hall–Kier alpha value is -0.750. The number of cyclic esters (lactones) is 1. The third-order valence-corrected chi connectivity index (χ3v) is 3.06. The van der Waals surface area contributed by atoms with Crippen molar-refractivity contribution >= 4 is 23.8 Å². The predicted molar refractivity (Wildman–Crippen MR) is 54.0 cm³/mol. The topological polar surface area (TPSA) is 72.6 Å². The normalized spacial score (nSPS) is 18.1. The van der Waals surface area contributed by atoms with Crippen LogP contribution in [0.4, 0.5) is 4.79 Å². The average molecular weight is 218 g/mol. The molecule has 80 valence electrons. The highest BCUT2D eigenvalue weighted by Gasteiger charge is 2.28. The van der Waals surface area contributed by atoms with Crippen molar-refractivity contribution in [3.05, 3.63) is 0 Å². The van der Waals surface area contributed by atoms with Gasteiger partial charge < -0.3 is 10.5 Å². The van der Waals surface area contributed by atoms with E-state index in [-0.39, 0.29) is 16.9 Å². The number of carbonyl (C=O) groups excluding carboxylic acids is 2. The molecular weight excluding hydrogens is 204 g/mol. The first kappa shape index (κ1) is 11.3. The molecule has 1 atom stereocenters. The summed E-state index contributed by atoms with van der Waals surface area (Å²) in [4.78, 5) is 23.6. The minimum absolute atomic E-state index is 0.196. The van der Waals surface area contributed by atoms with Crippen molar-refractivity contribution in [3.63, 3.8) is 0 Å². The predicted octanol–water partition coefficient (Wildman–Crippen LogP) is 0.0456. The summed E-state index contributed by atoms with van der Waals surface area (Å²) in [6, 6.07) is 0. The van der Waals surface area contributed by atoms with Crippen LogP contribution in [0.2, 0.25) is 0 Å². The molecule has 0 aromatic heterocycles. The van der Waals surface area contributed by atoms with Gasteiger partial charge in [0.05, 0.1) is 12.3 Å². The van der Waals surface area contributed by atoms with Crippen LogP contribution in [0.1, 0.15) is 6.92 Å². The summed E-state index contributed by atoms with van der Waals surface area (Å²) in [6.45, 7) is 3.15. The summed E-state index contributed by atoms with van der Waals surface area (Å²) in [5.41, 5.74) is 5.40. The number of nitrogens with zero attached hydrogens (tertiary/aromatic N) is 1. The zero-order chi connectivity index (χ0) is 10.6. The summed E-state index contributed by atoms with van der Waals surface area (Å²) >= 11 is 1.45. The molecule has 14 heavy (non-hydrogen) atoms. The molecule has 1 unspecified atom stereocenters. The largest absolute Gasteiger partial charge is 0.447 e. The standard InChI is InChI=1S/C8H14N2O3S/c1-6(4-9)14-5-7(11)10-2-3-13-8(10)12/h6H,2-5,9H2,1H3. The van der Waals surface area contributed by atoms with Gasteiger partial charge in [0.15, 0.2) is 0 Å². The fourth-order valence-corrected chi connectivity index (χ4v) is 1.70. The molecule has 1 fully saturated rings. The first-order chi connectivity index (χ1) is 6.65. The molecule has 1 aliphatic heterocycles. The van der Waals surface area contributed by atoms with E-state index < -0.39 is 6.09 Å². The van der Waals surface area contributed by atoms with Crippen LogP contribution in [-0.2, 0) is 9.53 Å². The molecular formula is C8H14N2O3S. The molecule has 0 saturated carbocycles. The maximum absolute atomic E-state index is 11.4. The maximum atomic E-state index is 11.4. The molecule has 1 aliphatic rings. The van der Waals surface area contributed by atoms with Crippen LogP contribution in [0.25, 0.3) is 0 Å². The number of carbonyl (C=O) groups is 2. The van der Waals surface area contributed by atoms with Crippen molar-refractivity contribution in [2.75, 3.05) is 25.4 Å². The molecule has 0 aromatic rings. The molecule has 0 bridgehead atoms. The van der Waals surface area contributed by atoms with Gasteiger partial charge in [-0.3, -0.25) is 4.79 Å². The van der Waals surface area contributed by atoms with E-state index in [1.807, 2.05) is 6.92 Å². The summed E-state index contributed by atoms with van der Waals surface area (Å²) in [7, 11) is 0. The van der Waals surface area contributed by atoms with Gasteiger partial charge in [0, 0.05) is 11.8 Å². The van der Waals surface area contributed by atoms with Crippen molar-refractivity contribution in [1.29, 1.82) is 0 Å². The minimum Gasteiger partial charge on any atom is -0.447 e. The van der Waals surface area contributed by atoms with Crippen molar-refractivity contribution < 1.29 is 14.3 Å². The highest BCUT2D eigenvalue weighted by molar-refractivity contribution is 8.00. The van der Waals surface area contributed by atoms with Gasteiger partial charge in [-0.1, -0.05) is 6.92 Å². The van der Waals surface area contributed by atoms with Crippen LogP contribution in [0.15, 0.2) is 0 Å².